The molecule has 0 saturated heterocycles. The summed E-state index contributed by atoms with van der Waals surface area (Å²) in [5.74, 6) is -0.336. The maximum Gasteiger partial charge on any atom is 0.472 e. The SMILES string of the molecule is CCCCCC/C=C\CCCCCCCCOCC(COP(=O)(O)OCCN)OC(=O)CCCCCCCCCCCC/C=C\C/C=C\C/C=C\CCCCCCC. The van der Waals surface area contributed by atoms with E-state index in [0.29, 0.717) is 13.0 Å². The van der Waals surface area contributed by atoms with Gasteiger partial charge >= 0.3 is 13.8 Å². The molecule has 0 saturated carbocycles. The molecule has 0 aromatic heterocycles. The summed E-state index contributed by atoms with van der Waals surface area (Å²) < 4.78 is 33.5. The van der Waals surface area contributed by atoms with Crippen molar-refractivity contribution in [1.82, 2.24) is 0 Å². The van der Waals surface area contributed by atoms with Crippen LogP contribution in [-0.2, 0) is 27.9 Å². The van der Waals surface area contributed by atoms with E-state index in [4.69, 9.17) is 24.3 Å². The van der Waals surface area contributed by atoms with Gasteiger partial charge in [0, 0.05) is 19.6 Å². The van der Waals surface area contributed by atoms with Crippen molar-refractivity contribution in [2.45, 2.75) is 225 Å². The normalized spacial score (nSPS) is 13.8. The first kappa shape index (κ1) is 56.5. The summed E-state index contributed by atoms with van der Waals surface area (Å²) >= 11 is 0. The number of ether oxygens (including phenoxy) is 2. The molecule has 2 unspecified atom stereocenters. The second-order valence-corrected chi connectivity index (χ2v) is 17.4. The van der Waals surface area contributed by atoms with Gasteiger partial charge < -0.3 is 20.1 Å². The lowest BCUT2D eigenvalue weighted by atomic mass is 10.0. The van der Waals surface area contributed by atoms with E-state index in [2.05, 4.69) is 62.5 Å². The van der Waals surface area contributed by atoms with Crippen molar-refractivity contribution < 1.29 is 32.8 Å². The van der Waals surface area contributed by atoms with Crippen LogP contribution in [0.25, 0.3) is 0 Å². The van der Waals surface area contributed by atoms with E-state index in [9.17, 15) is 14.3 Å². The summed E-state index contributed by atoms with van der Waals surface area (Å²) in [6, 6.07) is 0. The number of carbonyl (C=O) groups is 1. The average Bonchev–Trinajstić information content (AvgIpc) is 3.21. The summed E-state index contributed by atoms with van der Waals surface area (Å²) in [6.45, 7) is 4.89. The zero-order valence-corrected chi connectivity index (χ0v) is 38.7. The van der Waals surface area contributed by atoms with Gasteiger partial charge in [-0.25, -0.2) is 4.57 Å². The molecule has 9 heteroatoms. The number of phosphoric ester groups is 1. The highest BCUT2D eigenvalue weighted by Gasteiger charge is 2.25. The van der Waals surface area contributed by atoms with Crippen LogP contribution in [0.4, 0.5) is 0 Å². The van der Waals surface area contributed by atoms with Crippen molar-refractivity contribution in [1.29, 1.82) is 0 Å². The third-order valence-corrected chi connectivity index (χ3v) is 11.2. The maximum atomic E-state index is 12.6. The Morgan fingerprint density at radius 2 is 0.914 bits per heavy atom. The predicted octanol–water partition coefficient (Wildman–Crippen LogP) is 14.8. The fourth-order valence-corrected chi connectivity index (χ4v) is 7.41. The van der Waals surface area contributed by atoms with Crippen LogP contribution in [0.5, 0.6) is 0 Å². The van der Waals surface area contributed by atoms with Gasteiger partial charge in [-0.05, 0) is 77.0 Å². The molecule has 3 N–H and O–H groups in total. The summed E-state index contributed by atoms with van der Waals surface area (Å²) in [4.78, 5) is 22.5. The molecule has 58 heavy (non-hydrogen) atoms. The van der Waals surface area contributed by atoms with Crippen LogP contribution in [0.1, 0.15) is 219 Å². The fraction of sp³-hybridized carbons (Fsp3) is 0.816. The number of nitrogens with two attached hydrogens (primary N) is 1. The minimum absolute atomic E-state index is 0.0977. The monoisotopic (exact) mass is 838 g/mol. The molecule has 0 fully saturated rings. The Bertz CT molecular complexity index is 1030. The molecule has 8 nitrogen and oxygen atoms in total. The Labute approximate surface area is 358 Å². The molecule has 0 aromatic carbocycles. The minimum atomic E-state index is -4.28. The van der Waals surface area contributed by atoms with Crippen LogP contribution in [-0.4, -0.2) is 49.9 Å². The topological polar surface area (TPSA) is 117 Å². The van der Waals surface area contributed by atoms with Gasteiger partial charge in [0.05, 0.1) is 19.8 Å². The van der Waals surface area contributed by atoms with Crippen LogP contribution < -0.4 is 5.73 Å². The number of esters is 1. The number of unbranched alkanes of at least 4 members (excludes halogenated alkanes) is 25. The molecular weight excluding hydrogens is 746 g/mol. The number of hydrogen-bond acceptors (Lipinski definition) is 7. The van der Waals surface area contributed by atoms with E-state index in [1.165, 1.54) is 154 Å². The highest BCUT2D eigenvalue weighted by Crippen LogP contribution is 2.43. The van der Waals surface area contributed by atoms with Gasteiger partial charge in [0.1, 0.15) is 6.10 Å². The van der Waals surface area contributed by atoms with Crippen molar-refractivity contribution in [2.75, 3.05) is 33.0 Å². The lowest BCUT2D eigenvalue weighted by Gasteiger charge is -2.20. The molecule has 340 valence electrons. The molecule has 0 aliphatic carbocycles. The first-order chi connectivity index (χ1) is 28.4. The van der Waals surface area contributed by atoms with E-state index in [1.54, 1.807) is 0 Å². The van der Waals surface area contributed by atoms with Crippen LogP contribution in [0.2, 0.25) is 0 Å². The van der Waals surface area contributed by atoms with Crippen molar-refractivity contribution >= 4 is 13.8 Å². The van der Waals surface area contributed by atoms with Crippen molar-refractivity contribution in [3.8, 4) is 0 Å². The first-order valence-electron chi connectivity index (χ1n) is 24.1. The lowest BCUT2D eigenvalue weighted by molar-refractivity contribution is -0.154. The average molecular weight is 838 g/mol. The van der Waals surface area contributed by atoms with Gasteiger partial charge in [-0.1, -0.05) is 184 Å². The maximum absolute atomic E-state index is 12.6. The molecule has 0 rings (SSSR count). The highest BCUT2D eigenvalue weighted by atomic mass is 31.2. The Kier molecular flexibility index (Phi) is 45.3. The molecule has 0 heterocycles. The highest BCUT2D eigenvalue weighted by molar-refractivity contribution is 7.47. The van der Waals surface area contributed by atoms with Gasteiger partial charge in [0.25, 0.3) is 0 Å². The van der Waals surface area contributed by atoms with E-state index < -0.39 is 13.9 Å². The zero-order chi connectivity index (χ0) is 42.3. The second-order valence-electron chi connectivity index (χ2n) is 16.0. The van der Waals surface area contributed by atoms with Crippen LogP contribution in [0.15, 0.2) is 48.6 Å². The number of phosphoric acid groups is 1. The number of allylic oxidation sites excluding steroid dienone is 8. The Balaban J connectivity index is 3.96. The Morgan fingerprint density at radius 1 is 0.517 bits per heavy atom. The standard InChI is InChI=1S/C49H92NO7P/c1-3-5-7-9-11-13-15-17-19-20-21-22-23-24-25-26-27-28-29-30-32-34-36-38-40-42-49(51)57-48(47-56-58(52,53)55-45-43-50)46-54-44-41-39-37-35-33-31-18-16-14-12-10-8-6-4-2/h14-17,20-21,23-24,48H,3-13,18-19,22,25-47,50H2,1-2H3,(H,52,53)/b16-14-,17-15-,21-20-,24-23-. The molecular formula is C49H92NO7P. The number of carbonyl (C=O) groups excluding carboxylic acids is 1. The largest absolute Gasteiger partial charge is 0.472 e. The quantitative estimate of drug-likeness (QED) is 0.0269. The fourth-order valence-electron chi connectivity index (χ4n) is 6.65. The minimum Gasteiger partial charge on any atom is -0.457 e. The van der Waals surface area contributed by atoms with E-state index >= 15 is 0 Å². The lowest BCUT2D eigenvalue weighted by Crippen LogP contribution is -2.28. The molecule has 0 bridgehead atoms. The number of rotatable bonds is 46. The molecule has 0 radical (unpaired) electrons. The smallest absolute Gasteiger partial charge is 0.457 e. The van der Waals surface area contributed by atoms with Crippen molar-refractivity contribution in [3.63, 3.8) is 0 Å². The zero-order valence-electron chi connectivity index (χ0n) is 37.8. The van der Waals surface area contributed by atoms with Gasteiger partial charge in [-0.2, -0.15) is 0 Å². The van der Waals surface area contributed by atoms with E-state index in [-0.39, 0.29) is 32.3 Å². The Hall–Kier alpha value is -1.54. The molecule has 0 aliphatic rings. The molecule has 0 spiro atoms. The molecule has 2 atom stereocenters. The summed E-state index contributed by atoms with van der Waals surface area (Å²) in [5.41, 5.74) is 5.38. The van der Waals surface area contributed by atoms with Crippen molar-refractivity contribution in [3.05, 3.63) is 48.6 Å². The summed E-state index contributed by atoms with van der Waals surface area (Å²) in [6.07, 6.45) is 55.6. The molecule has 0 aliphatic heterocycles. The van der Waals surface area contributed by atoms with E-state index in [1.807, 2.05) is 0 Å². The van der Waals surface area contributed by atoms with Gasteiger partial charge in [-0.15, -0.1) is 0 Å². The summed E-state index contributed by atoms with van der Waals surface area (Å²) in [7, 11) is -4.28. The third-order valence-electron chi connectivity index (χ3n) is 10.2. The first-order valence-corrected chi connectivity index (χ1v) is 25.6. The van der Waals surface area contributed by atoms with Gasteiger partial charge in [-0.3, -0.25) is 13.8 Å². The third kappa shape index (κ3) is 45.5. The molecule has 0 aromatic rings. The van der Waals surface area contributed by atoms with E-state index in [0.717, 1.165) is 44.9 Å². The summed E-state index contributed by atoms with van der Waals surface area (Å²) in [5, 5.41) is 0. The number of hydrogen-bond donors (Lipinski definition) is 2. The Morgan fingerprint density at radius 3 is 1.40 bits per heavy atom. The van der Waals surface area contributed by atoms with Crippen LogP contribution >= 0.6 is 7.82 Å². The van der Waals surface area contributed by atoms with Gasteiger partial charge in [0.2, 0.25) is 0 Å². The molecule has 0 amide bonds. The predicted molar refractivity (Wildman–Crippen MR) is 247 cm³/mol. The van der Waals surface area contributed by atoms with Gasteiger partial charge in [0.15, 0.2) is 0 Å². The van der Waals surface area contributed by atoms with Crippen LogP contribution in [0.3, 0.4) is 0 Å². The second kappa shape index (κ2) is 46.5. The van der Waals surface area contributed by atoms with Crippen molar-refractivity contribution in [2.24, 2.45) is 5.73 Å². The van der Waals surface area contributed by atoms with Crippen LogP contribution in [0, 0.1) is 0 Å².